The number of non-ortho nitro benzene ring substituents is 1. The fourth-order valence-corrected chi connectivity index (χ4v) is 4.04. The molecule has 7 N–H and O–H groups in total. The number of primary amides is 1. The number of nitro benzene ring substituents is 1. The second-order valence-electron chi connectivity index (χ2n) is 10.2. The van der Waals surface area contributed by atoms with Crippen LogP contribution in [0.1, 0.15) is 37.8 Å². The van der Waals surface area contributed by atoms with Gasteiger partial charge >= 0.3 is 18.3 Å². The van der Waals surface area contributed by atoms with Crippen molar-refractivity contribution >= 4 is 41.5 Å². The second-order valence-corrected chi connectivity index (χ2v) is 10.2. The molecule has 0 radical (unpaired) electrons. The molecule has 0 aliphatic rings. The Morgan fingerprint density at radius 2 is 1.72 bits per heavy atom. The van der Waals surface area contributed by atoms with E-state index < -0.39 is 53.0 Å². The van der Waals surface area contributed by atoms with Gasteiger partial charge in [0.15, 0.2) is 0 Å². The number of urea groups is 1. The topological polar surface area (TPSA) is 251 Å². The quantitative estimate of drug-likeness (QED) is 0.0360. The normalized spacial score (nSPS) is 11.7. The molecule has 0 bridgehead atoms. The minimum Gasteiger partial charge on any atom is -0.465 e. The summed E-state index contributed by atoms with van der Waals surface area (Å²) in [6.45, 7) is 3.06. The van der Waals surface area contributed by atoms with Crippen LogP contribution in [0.4, 0.5) is 25.8 Å². The van der Waals surface area contributed by atoms with Gasteiger partial charge in [0.2, 0.25) is 11.8 Å². The Morgan fingerprint density at radius 1 is 1.02 bits per heavy atom. The predicted octanol–water partition coefficient (Wildman–Crippen LogP) is 2.62. The molecular formula is C30H36N6O11. The van der Waals surface area contributed by atoms with Crippen molar-refractivity contribution < 1.29 is 48.2 Å². The third kappa shape index (κ3) is 13.3. The summed E-state index contributed by atoms with van der Waals surface area (Å²) in [5, 5.41) is 29.7. The third-order valence-corrected chi connectivity index (χ3v) is 6.34. The molecule has 2 rings (SSSR count). The molecule has 0 aliphatic carbocycles. The molecular weight excluding hydrogens is 620 g/mol. The number of anilines is 1. The number of hydrogen-bond donors (Lipinski definition) is 6. The minimum atomic E-state index is -1.41. The number of carbonyl (C=O) groups excluding carboxylic acids is 4. The first kappa shape index (κ1) is 37.3. The number of carboxylic acid groups (broad SMARTS) is 1. The van der Waals surface area contributed by atoms with Crippen molar-refractivity contribution in [2.75, 3.05) is 18.5 Å². The lowest BCUT2D eigenvalue weighted by molar-refractivity contribution is -0.384. The first-order valence-corrected chi connectivity index (χ1v) is 14.2. The maximum atomic E-state index is 13.3. The predicted molar refractivity (Wildman–Crippen MR) is 166 cm³/mol. The van der Waals surface area contributed by atoms with Crippen LogP contribution in [0.2, 0.25) is 0 Å². The number of nitrogens with one attached hydrogen (secondary N) is 4. The maximum absolute atomic E-state index is 13.3. The second kappa shape index (κ2) is 18.8. The zero-order valence-electron chi connectivity index (χ0n) is 25.6. The van der Waals surface area contributed by atoms with Crippen LogP contribution in [0.25, 0.3) is 0 Å². The third-order valence-electron chi connectivity index (χ3n) is 6.34. The van der Waals surface area contributed by atoms with E-state index in [-0.39, 0.29) is 56.3 Å². The number of nitrogens with two attached hydrogens (primary N) is 1. The molecule has 2 atom stereocenters. The van der Waals surface area contributed by atoms with Gasteiger partial charge in [-0.05, 0) is 54.2 Å². The van der Waals surface area contributed by atoms with Crippen molar-refractivity contribution in [3.63, 3.8) is 0 Å². The molecule has 5 amide bonds. The molecule has 47 heavy (non-hydrogen) atoms. The van der Waals surface area contributed by atoms with Gasteiger partial charge in [-0.25, -0.2) is 14.4 Å². The van der Waals surface area contributed by atoms with E-state index in [9.17, 15) is 34.1 Å². The maximum Gasteiger partial charge on any atom is 0.514 e. The summed E-state index contributed by atoms with van der Waals surface area (Å²) in [4.78, 5) is 71.0. The summed E-state index contributed by atoms with van der Waals surface area (Å²) in [6, 6.07) is 6.40. The zero-order chi connectivity index (χ0) is 34.9. The Labute approximate surface area is 269 Å². The summed E-state index contributed by atoms with van der Waals surface area (Å²) in [6.07, 6.45) is 3.10. The summed E-state index contributed by atoms with van der Waals surface area (Å²) in [5.74, 6) is 0.569. The average Bonchev–Trinajstić information content (AvgIpc) is 3.00. The molecule has 0 spiro atoms. The highest BCUT2D eigenvalue weighted by Crippen LogP contribution is 2.21. The highest BCUT2D eigenvalue weighted by atomic mass is 16.7. The number of ether oxygens (including phenoxy) is 3. The number of hydrogen-bond acceptors (Lipinski definition) is 10. The average molecular weight is 657 g/mol. The highest BCUT2D eigenvalue weighted by molar-refractivity contribution is 5.98. The molecule has 0 heterocycles. The highest BCUT2D eigenvalue weighted by Gasteiger charge is 2.29. The summed E-state index contributed by atoms with van der Waals surface area (Å²) >= 11 is 0. The van der Waals surface area contributed by atoms with Crippen LogP contribution in [0.5, 0.6) is 5.75 Å². The standard InChI is InChI=1S/C30H36N6O11/c1-4-14-45-16-20-15-21(8-7-19(20)17-46-30(42)47-23-11-9-22(10-12-23)36(43)44)33-26(37)24(6-5-13-32-28(31)39)34-27(38)25(18(2)3)35-29(40)41/h1,7-12,15,18,24-25,35H,5-6,13-14,16-17H2,2-3H3,(H,33,37)(H,34,38)(H,40,41)(H3,31,32,39)/t24-,25-/m0/s1. The Balaban J connectivity index is 2.19. The van der Waals surface area contributed by atoms with E-state index in [2.05, 4.69) is 27.2 Å². The lowest BCUT2D eigenvalue weighted by Gasteiger charge is -2.24. The number of nitro groups is 1. The van der Waals surface area contributed by atoms with Gasteiger partial charge in [0.1, 0.15) is 31.0 Å². The van der Waals surface area contributed by atoms with Crippen LogP contribution in [0.3, 0.4) is 0 Å². The van der Waals surface area contributed by atoms with Gasteiger partial charge in [-0.15, -0.1) is 6.42 Å². The Bertz CT molecular complexity index is 1470. The lowest BCUT2D eigenvalue weighted by atomic mass is 10.0. The first-order chi connectivity index (χ1) is 22.3. The molecule has 2 aromatic rings. The molecule has 252 valence electrons. The van der Waals surface area contributed by atoms with E-state index >= 15 is 0 Å². The van der Waals surface area contributed by atoms with Gasteiger partial charge in [-0.2, -0.15) is 0 Å². The monoisotopic (exact) mass is 656 g/mol. The van der Waals surface area contributed by atoms with E-state index in [0.717, 1.165) is 0 Å². The molecule has 0 aromatic heterocycles. The Morgan fingerprint density at radius 3 is 2.32 bits per heavy atom. The molecule has 17 nitrogen and oxygen atoms in total. The number of terminal acetylenes is 1. The van der Waals surface area contributed by atoms with Gasteiger partial charge in [0, 0.05) is 24.4 Å². The minimum absolute atomic E-state index is 0.0279. The number of rotatable bonds is 17. The number of amides is 5. The van der Waals surface area contributed by atoms with Gasteiger partial charge < -0.3 is 46.3 Å². The largest absolute Gasteiger partial charge is 0.514 e. The smallest absolute Gasteiger partial charge is 0.465 e. The number of benzene rings is 2. The summed E-state index contributed by atoms with van der Waals surface area (Å²) < 4.78 is 15.7. The summed E-state index contributed by atoms with van der Waals surface area (Å²) in [5.41, 5.74) is 6.15. The lowest BCUT2D eigenvalue weighted by Crippen LogP contribution is -2.54. The Hall–Kier alpha value is -5.89. The van der Waals surface area contributed by atoms with Crippen molar-refractivity contribution in [1.82, 2.24) is 16.0 Å². The molecule has 0 fully saturated rings. The van der Waals surface area contributed by atoms with Crippen LogP contribution in [-0.4, -0.2) is 65.4 Å². The van der Waals surface area contributed by atoms with E-state index in [4.69, 9.17) is 31.5 Å². The van der Waals surface area contributed by atoms with Gasteiger partial charge in [0.25, 0.3) is 5.69 Å². The van der Waals surface area contributed by atoms with E-state index in [1.165, 1.54) is 30.3 Å². The number of nitrogens with zero attached hydrogens (tertiary/aromatic N) is 1. The van der Waals surface area contributed by atoms with Crippen LogP contribution >= 0.6 is 0 Å². The van der Waals surface area contributed by atoms with E-state index in [0.29, 0.717) is 11.1 Å². The van der Waals surface area contributed by atoms with Crippen LogP contribution < -0.4 is 31.7 Å². The van der Waals surface area contributed by atoms with Crippen molar-refractivity contribution in [1.29, 1.82) is 0 Å². The fourth-order valence-electron chi connectivity index (χ4n) is 4.04. The summed E-state index contributed by atoms with van der Waals surface area (Å²) in [7, 11) is 0. The SMILES string of the molecule is C#CCOCc1cc(NC(=O)[C@H](CCCNC(N)=O)NC(=O)[C@@H](NC(=O)O)C(C)C)ccc1COC(=O)Oc1ccc([N+](=O)[O-])cc1. The fraction of sp³-hybridized carbons (Fsp3) is 0.367. The number of carbonyl (C=O) groups is 5. The van der Waals surface area contributed by atoms with Crippen LogP contribution in [-0.2, 0) is 32.3 Å². The molecule has 0 unspecified atom stereocenters. The first-order valence-electron chi connectivity index (χ1n) is 14.2. The molecule has 0 saturated carbocycles. The van der Waals surface area contributed by atoms with Crippen molar-refractivity contribution in [2.45, 2.75) is 52.0 Å². The van der Waals surface area contributed by atoms with Crippen molar-refractivity contribution in [2.24, 2.45) is 11.7 Å². The van der Waals surface area contributed by atoms with Gasteiger partial charge in [-0.1, -0.05) is 25.8 Å². The van der Waals surface area contributed by atoms with Crippen molar-refractivity contribution in [3.05, 3.63) is 63.7 Å². The molecule has 17 heteroatoms. The van der Waals surface area contributed by atoms with Gasteiger partial charge in [0.05, 0.1) is 11.5 Å². The van der Waals surface area contributed by atoms with Gasteiger partial charge in [-0.3, -0.25) is 19.7 Å². The Kier molecular flexibility index (Phi) is 14.9. The van der Waals surface area contributed by atoms with E-state index in [1.807, 2.05) is 0 Å². The molecule has 2 aromatic carbocycles. The molecule has 0 aliphatic heterocycles. The molecule has 0 saturated heterocycles. The van der Waals surface area contributed by atoms with E-state index in [1.54, 1.807) is 26.0 Å². The zero-order valence-corrected chi connectivity index (χ0v) is 25.6. The van der Waals surface area contributed by atoms with Crippen molar-refractivity contribution in [3.8, 4) is 18.1 Å². The van der Waals surface area contributed by atoms with Crippen LogP contribution in [0, 0.1) is 28.4 Å². The van der Waals surface area contributed by atoms with Crippen LogP contribution in [0.15, 0.2) is 42.5 Å².